The van der Waals surface area contributed by atoms with Crippen molar-refractivity contribution in [2.45, 2.75) is 26.9 Å². The quantitative estimate of drug-likeness (QED) is 0.792. The Morgan fingerprint density at radius 3 is 2.29 bits per heavy atom. The Morgan fingerprint density at radius 2 is 1.67 bits per heavy atom. The molecule has 1 atom stereocenters. The number of ether oxygens (including phenoxy) is 1. The summed E-state index contributed by atoms with van der Waals surface area (Å²) in [6, 6.07) is 10.1. The fourth-order valence-corrected chi connectivity index (χ4v) is 2.54. The predicted octanol–water partition coefficient (Wildman–Crippen LogP) is 4.79. The predicted molar refractivity (Wildman–Crippen MR) is 95.9 cm³/mol. The summed E-state index contributed by atoms with van der Waals surface area (Å²) in [5.74, 6) is -1.04. The van der Waals surface area contributed by atoms with Crippen LogP contribution < -0.4 is 5.32 Å². The van der Waals surface area contributed by atoms with E-state index in [4.69, 9.17) is 27.9 Å². The molecule has 0 saturated heterocycles. The highest BCUT2D eigenvalue weighted by Gasteiger charge is 2.20. The largest absolute Gasteiger partial charge is 0.449 e. The van der Waals surface area contributed by atoms with E-state index in [1.807, 2.05) is 19.9 Å². The zero-order valence-corrected chi connectivity index (χ0v) is 15.0. The lowest BCUT2D eigenvalue weighted by Gasteiger charge is -2.15. The number of anilines is 1. The van der Waals surface area contributed by atoms with Crippen molar-refractivity contribution >= 4 is 40.8 Å². The van der Waals surface area contributed by atoms with Gasteiger partial charge < -0.3 is 10.1 Å². The summed E-state index contributed by atoms with van der Waals surface area (Å²) >= 11 is 11.9. The molecule has 0 bridgehead atoms. The zero-order valence-electron chi connectivity index (χ0n) is 13.5. The van der Waals surface area contributed by atoms with E-state index >= 15 is 0 Å². The van der Waals surface area contributed by atoms with Crippen molar-refractivity contribution in [2.24, 2.45) is 0 Å². The number of aryl methyl sites for hydroxylation is 2. The van der Waals surface area contributed by atoms with Crippen molar-refractivity contribution in [2.75, 3.05) is 5.32 Å². The SMILES string of the molecule is Cc1cc(C)cc(C(=O)O[C@H](C)C(=O)Nc2cc(Cl)ccc2Cl)c1. The minimum Gasteiger partial charge on any atom is -0.449 e. The van der Waals surface area contributed by atoms with Gasteiger partial charge >= 0.3 is 5.97 Å². The monoisotopic (exact) mass is 365 g/mol. The summed E-state index contributed by atoms with van der Waals surface area (Å²) in [6.07, 6.45) is -0.978. The topological polar surface area (TPSA) is 55.4 Å². The van der Waals surface area contributed by atoms with Crippen molar-refractivity contribution < 1.29 is 14.3 Å². The molecule has 24 heavy (non-hydrogen) atoms. The molecule has 2 aromatic carbocycles. The molecule has 2 aromatic rings. The molecule has 0 unspecified atom stereocenters. The molecule has 0 fully saturated rings. The highest BCUT2D eigenvalue weighted by molar-refractivity contribution is 6.35. The van der Waals surface area contributed by atoms with Gasteiger partial charge in [-0.3, -0.25) is 4.79 Å². The molecule has 2 rings (SSSR count). The van der Waals surface area contributed by atoms with Gasteiger partial charge in [0.05, 0.1) is 16.3 Å². The second kappa shape index (κ2) is 7.69. The summed E-state index contributed by atoms with van der Waals surface area (Å²) in [6.45, 7) is 5.27. The number of carbonyl (C=O) groups excluding carboxylic acids is 2. The van der Waals surface area contributed by atoms with E-state index in [1.54, 1.807) is 24.3 Å². The number of benzene rings is 2. The molecule has 6 heteroatoms. The van der Waals surface area contributed by atoms with Crippen molar-refractivity contribution in [3.63, 3.8) is 0 Å². The molecule has 0 aliphatic carbocycles. The van der Waals surface area contributed by atoms with E-state index in [-0.39, 0.29) is 0 Å². The van der Waals surface area contributed by atoms with Crippen LogP contribution in [0.1, 0.15) is 28.4 Å². The molecule has 4 nitrogen and oxygen atoms in total. The van der Waals surface area contributed by atoms with Crippen molar-refractivity contribution in [3.8, 4) is 0 Å². The summed E-state index contributed by atoms with van der Waals surface area (Å²) in [4.78, 5) is 24.4. The van der Waals surface area contributed by atoms with Gasteiger partial charge in [-0.2, -0.15) is 0 Å². The third kappa shape index (κ3) is 4.73. The van der Waals surface area contributed by atoms with E-state index in [9.17, 15) is 9.59 Å². The third-order valence-electron chi connectivity index (χ3n) is 3.30. The third-order valence-corrected chi connectivity index (χ3v) is 3.86. The molecule has 0 aliphatic rings. The van der Waals surface area contributed by atoms with Gasteiger partial charge in [-0.15, -0.1) is 0 Å². The van der Waals surface area contributed by atoms with Crippen LogP contribution in [0.2, 0.25) is 10.0 Å². The number of esters is 1. The second-order valence-electron chi connectivity index (χ2n) is 5.54. The number of amides is 1. The second-order valence-corrected chi connectivity index (χ2v) is 6.38. The van der Waals surface area contributed by atoms with Crippen LogP contribution in [-0.4, -0.2) is 18.0 Å². The molecule has 0 radical (unpaired) electrons. The Bertz CT molecular complexity index is 770. The van der Waals surface area contributed by atoms with Crippen molar-refractivity contribution in [1.82, 2.24) is 0 Å². The van der Waals surface area contributed by atoms with Crippen LogP contribution in [0.4, 0.5) is 5.69 Å². The number of nitrogens with one attached hydrogen (secondary N) is 1. The van der Waals surface area contributed by atoms with Crippen molar-refractivity contribution in [3.05, 3.63) is 63.1 Å². The molecular weight excluding hydrogens is 349 g/mol. The van der Waals surface area contributed by atoms with Crippen LogP contribution in [0.15, 0.2) is 36.4 Å². The molecule has 0 heterocycles. The van der Waals surface area contributed by atoms with Gasteiger partial charge in [-0.05, 0) is 51.1 Å². The standard InChI is InChI=1S/C18H17Cl2NO3/c1-10-6-11(2)8-13(7-10)18(23)24-12(3)17(22)21-16-9-14(19)4-5-15(16)20/h4-9,12H,1-3H3,(H,21,22)/t12-/m1/s1. The Labute approximate surface area is 150 Å². The first kappa shape index (κ1) is 18.3. The lowest BCUT2D eigenvalue weighted by atomic mass is 10.1. The van der Waals surface area contributed by atoms with Gasteiger partial charge in [-0.1, -0.05) is 40.4 Å². The fraction of sp³-hybridized carbons (Fsp3) is 0.222. The Balaban J connectivity index is 2.05. The molecule has 126 valence electrons. The minimum atomic E-state index is -0.978. The lowest BCUT2D eigenvalue weighted by Crippen LogP contribution is -2.30. The Kier molecular flexibility index (Phi) is 5.86. The van der Waals surface area contributed by atoms with Crippen LogP contribution >= 0.6 is 23.2 Å². The highest BCUT2D eigenvalue weighted by Crippen LogP contribution is 2.25. The summed E-state index contributed by atoms with van der Waals surface area (Å²) in [5.41, 5.74) is 2.67. The first-order chi connectivity index (χ1) is 11.3. The minimum absolute atomic E-state index is 0.348. The van der Waals surface area contributed by atoms with Crippen LogP contribution in [0, 0.1) is 13.8 Å². The lowest BCUT2D eigenvalue weighted by molar-refractivity contribution is -0.123. The number of carbonyl (C=O) groups is 2. The van der Waals surface area contributed by atoms with E-state index in [1.165, 1.54) is 13.0 Å². The smallest absolute Gasteiger partial charge is 0.338 e. The molecule has 0 spiro atoms. The molecular formula is C18H17Cl2NO3. The fourth-order valence-electron chi connectivity index (χ4n) is 2.20. The number of halogens is 2. The van der Waals surface area contributed by atoms with E-state index in [0.717, 1.165) is 11.1 Å². The van der Waals surface area contributed by atoms with Gasteiger partial charge in [0.25, 0.3) is 5.91 Å². The maximum Gasteiger partial charge on any atom is 0.338 e. The molecule has 1 amide bonds. The molecule has 1 N–H and O–H groups in total. The average molecular weight is 366 g/mol. The van der Waals surface area contributed by atoms with Crippen LogP contribution in [0.5, 0.6) is 0 Å². The molecule has 0 aliphatic heterocycles. The Hall–Kier alpha value is -2.04. The zero-order chi connectivity index (χ0) is 17.9. The van der Waals surface area contributed by atoms with Crippen molar-refractivity contribution in [1.29, 1.82) is 0 Å². The van der Waals surface area contributed by atoms with Crippen LogP contribution in [0.25, 0.3) is 0 Å². The summed E-state index contributed by atoms with van der Waals surface area (Å²) in [5, 5.41) is 3.39. The van der Waals surface area contributed by atoms with E-state index < -0.39 is 18.0 Å². The van der Waals surface area contributed by atoms with Gasteiger partial charge in [0.2, 0.25) is 0 Å². The molecule has 0 saturated carbocycles. The van der Waals surface area contributed by atoms with Crippen LogP contribution in [-0.2, 0) is 9.53 Å². The van der Waals surface area contributed by atoms with Crippen LogP contribution in [0.3, 0.4) is 0 Å². The first-order valence-corrected chi connectivity index (χ1v) is 8.07. The maximum atomic E-state index is 12.2. The first-order valence-electron chi connectivity index (χ1n) is 7.31. The number of rotatable bonds is 4. The Morgan fingerprint density at radius 1 is 1.04 bits per heavy atom. The summed E-state index contributed by atoms with van der Waals surface area (Å²) in [7, 11) is 0. The highest BCUT2D eigenvalue weighted by atomic mass is 35.5. The normalized spacial score (nSPS) is 11.7. The average Bonchev–Trinajstić information content (AvgIpc) is 2.49. The van der Waals surface area contributed by atoms with Gasteiger partial charge in [0.1, 0.15) is 0 Å². The van der Waals surface area contributed by atoms with Gasteiger partial charge in [0, 0.05) is 5.02 Å². The van der Waals surface area contributed by atoms with E-state index in [0.29, 0.717) is 21.3 Å². The van der Waals surface area contributed by atoms with E-state index in [2.05, 4.69) is 5.32 Å². The van der Waals surface area contributed by atoms with Gasteiger partial charge in [-0.25, -0.2) is 4.79 Å². The van der Waals surface area contributed by atoms with Gasteiger partial charge in [0.15, 0.2) is 6.10 Å². The number of hydrogen-bond donors (Lipinski definition) is 1. The maximum absolute atomic E-state index is 12.2. The number of hydrogen-bond acceptors (Lipinski definition) is 3. The summed E-state index contributed by atoms with van der Waals surface area (Å²) < 4.78 is 5.22. The molecule has 0 aromatic heterocycles.